The molecule has 200 valence electrons. The summed E-state index contributed by atoms with van der Waals surface area (Å²) in [6.45, 7) is 3.54. The molecule has 0 spiro atoms. The Labute approximate surface area is 220 Å². The molecule has 1 saturated carbocycles. The Morgan fingerprint density at radius 2 is 1.76 bits per heavy atom. The van der Waals surface area contributed by atoms with E-state index in [0.717, 1.165) is 50.3 Å². The maximum atomic E-state index is 12.2. The molecule has 1 aromatic carbocycles. The highest BCUT2D eigenvalue weighted by molar-refractivity contribution is 5.96. The van der Waals surface area contributed by atoms with Gasteiger partial charge in [0.25, 0.3) is 5.91 Å². The molecule has 2 aliphatic rings. The Morgan fingerprint density at radius 3 is 2.38 bits per heavy atom. The smallest absolute Gasteiger partial charge is 0.271 e. The highest BCUT2D eigenvalue weighted by atomic mass is 16.2. The summed E-state index contributed by atoms with van der Waals surface area (Å²) in [6.07, 6.45) is 8.87. The number of primary amides is 1. The van der Waals surface area contributed by atoms with Crippen molar-refractivity contribution in [2.45, 2.75) is 69.9 Å². The largest absolute Gasteiger partial charge is 0.364 e. The molecule has 9 nitrogen and oxygen atoms in total. The lowest BCUT2D eigenvalue weighted by molar-refractivity contribution is -0.131. The van der Waals surface area contributed by atoms with Crippen LogP contribution in [0.2, 0.25) is 0 Å². The number of piperidine rings is 1. The summed E-state index contributed by atoms with van der Waals surface area (Å²) in [4.78, 5) is 35.4. The molecule has 2 amide bonds. The highest BCUT2D eigenvalue weighted by Crippen LogP contribution is 2.33. The SMILES string of the molecule is CCC(=O)N1CCC(c2ccc(Nc3nc([N+](C)(C)C4CCCCC4NC)cnc3C(N)=O)cc2)CC1. The van der Waals surface area contributed by atoms with Gasteiger partial charge in [-0.05, 0) is 56.3 Å². The Balaban J connectivity index is 1.52. The summed E-state index contributed by atoms with van der Waals surface area (Å²) in [5, 5.41) is 6.79. The second-order valence-electron chi connectivity index (χ2n) is 10.8. The molecule has 2 unspecified atom stereocenters. The van der Waals surface area contributed by atoms with Gasteiger partial charge in [-0.2, -0.15) is 4.98 Å². The number of carbonyl (C=O) groups is 2. The Kier molecular flexibility index (Phi) is 8.44. The number of benzene rings is 1. The molecule has 1 aromatic heterocycles. The third-order valence-electron chi connectivity index (χ3n) is 8.31. The lowest BCUT2D eigenvalue weighted by atomic mass is 9.88. The maximum Gasteiger partial charge on any atom is 0.271 e. The van der Waals surface area contributed by atoms with Crippen LogP contribution in [0.5, 0.6) is 0 Å². The number of hydrogen-bond acceptors (Lipinski definition) is 6. The number of aromatic nitrogens is 2. The van der Waals surface area contributed by atoms with Gasteiger partial charge in [-0.3, -0.25) is 14.1 Å². The van der Waals surface area contributed by atoms with E-state index < -0.39 is 5.91 Å². The summed E-state index contributed by atoms with van der Waals surface area (Å²) in [5.74, 6) is 1.24. The Hall–Kier alpha value is -3.04. The topological polar surface area (TPSA) is 113 Å². The van der Waals surface area contributed by atoms with Crippen molar-refractivity contribution in [2.75, 3.05) is 39.5 Å². The van der Waals surface area contributed by atoms with Crippen molar-refractivity contribution in [3.63, 3.8) is 0 Å². The van der Waals surface area contributed by atoms with Crippen LogP contribution in [0.4, 0.5) is 17.3 Å². The predicted octanol–water partition coefficient (Wildman–Crippen LogP) is 3.53. The van der Waals surface area contributed by atoms with Gasteiger partial charge in [0, 0.05) is 31.6 Å². The molecule has 1 saturated heterocycles. The third-order valence-corrected chi connectivity index (χ3v) is 8.31. The van der Waals surface area contributed by atoms with Gasteiger partial charge in [0.2, 0.25) is 11.7 Å². The molecule has 37 heavy (non-hydrogen) atoms. The van der Waals surface area contributed by atoms with E-state index >= 15 is 0 Å². The number of rotatable bonds is 8. The van der Waals surface area contributed by atoms with Crippen molar-refractivity contribution < 1.29 is 9.59 Å². The second kappa shape index (κ2) is 11.6. The van der Waals surface area contributed by atoms with E-state index in [9.17, 15) is 9.59 Å². The molecule has 2 aromatic rings. The average molecular weight is 509 g/mol. The van der Waals surface area contributed by atoms with E-state index in [-0.39, 0.29) is 11.6 Å². The van der Waals surface area contributed by atoms with Gasteiger partial charge in [0.1, 0.15) is 12.2 Å². The zero-order valence-corrected chi connectivity index (χ0v) is 22.7. The zero-order valence-electron chi connectivity index (χ0n) is 22.7. The fourth-order valence-corrected chi connectivity index (χ4v) is 5.98. The number of hydrogen-bond donors (Lipinski definition) is 3. The van der Waals surface area contributed by atoms with E-state index in [1.807, 2.05) is 31.0 Å². The number of quaternary nitrogens is 1. The van der Waals surface area contributed by atoms with Crippen LogP contribution in [0.15, 0.2) is 30.5 Å². The summed E-state index contributed by atoms with van der Waals surface area (Å²) >= 11 is 0. The first kappa shape index (κ1) is 27.0. The van der Waals surface area contributed by atoms with Gasteiger partial charge in [-0.25, -0.2) is 4.98 Å². The molecule has 9 heteroatoms. The molecule has 1 aliphatic carbocycles. The van der Waals surface area contributed by atoms with Crippen LogP contribution in [0.1, 0.15) is 73.8 Å². The molecule has 0 radical (unpaired) electrons. The van der Waals surface area contributed by atoms with Crippen LogP contribution < -0.4 is 20.9 Å². The van der Waals surface area contributed by atoms with Crippen LogP contribution in [-0.2, 0) is 4.79 Å². The van der Waals surface area contributed by atoms with Crippen LogP contribution in [0.3, 0.4) is 0 Å². The van der Waals surface area contributed by atoms with Gasteiger partial charge in [0.15, 0.2) is 11.5 Å². The Bertz CT molecular complexity index is 1090. The van der Waals surface area contributed by atoms with E-state index in [1.54, 1.807) is 6.20 Å². The lowest BCUT2D eigenvalue weighted by Gasteiger charge is -2.43. The summed E-state index contributed by atoms with van der Waals surface area (Å²) < 4.78 is 0.574. The van der Waals surface area contributed by atoms with Crippen LogP contribution in [-0.4, -0.2) is 73.0 Å². The molecule has 2 atom stereocenters. The quantitative estimate of drug-likeness (QED) is 0.470. The fourth-order valence-electron chi connectivity index (χ4n) is 5.98. The molecule has 2 fully saturated rings. The van der Waals surface area contributed by atoms with E-state index in [1.165, 1.54) is 18.4 Å². The molecule has 4 N–H and O–H groups in total. The normalized spacial score (nSPS) is 21.0. The van der Waals surface area contributed by atoms with E-state index in [4.69, 9.17) is 10.7 Å². The number of likely N-dealkylation sites (tertiary alicyclic amines) is 1. The molecule has 2 heterocycles. The Morgan fingerprint density at radius 1 is 1.08 bits per heavy atom. The van der Waals surface area contributed by atoms with Crippen molar-refractivity contribution in [3.8, 4) is 0 Å². The standard InChI is InChI=1S/C28H41N7O2/c1-5-25(36)34-16-14-20(15-17-34)19-10-12-21(13-11-19)32-28-26(27(29)37)31-18-24(33-28)35(3,4)23-9-7-6-8-22(23)30-2/h10-13,18,20,22-23,30H,5-9,14-17H2,1-4H3,(H2-,29,32,33,37)/p+1. The summed E-state index contributed by atoms with van der Waals surface area (Å²) in [5.41, 5.74) is 7.87. The molecule has 4 rings (SSSR count). The number of nitrogens with zero attached hydrogens (tertiary/aromatic N) is 4. The van der Waals surface area contributed by atoms with Gasteiger partial charge in [-0.1, -0.05) is 25.5 Å². The number of amides is 2. The first-order chi connectivity index (χ1) is 17.7. The van der Waals surface area contributed by atoms with E-state index in [0.29, 0.717) is 34.7 Å². The number of carbonyl (C=O) groups excluding carboxylic acids is 2. The van der Waals surface area contributed by atoms with Gasteiger partial charge >= 0.3 is 0 Å². The average Bonchev–Trinajstić information content (AvgIpc) is 2.93. The van der Waals surface area contributed by atoms with Gasteiger partial charge in [-0.15, -0.1) is 0 Å². The molecule has 1 aliphatic heterocycles. The van der Waals surface area contributed by atoms with Crippen LogP contribution in [0, 0.1) is 0 Å². The fraction of sp³-hybridized carbons (Fsp3) is 0.571. The van der Waals surface area contributed by atoms with E-state index in [2.05, 4.69) is 41.8 Å². The lowest BCUT2D eigenvalue weighted by Crippen LogP contribution is -2.60. The maximum absolute atomic E-state index is 12.2. The number of nitrogens with one attached hydrogen (secondary N) is 2. The zero-order chi connectivity index (χ0) is 26.6. The van der Waals surface area contributed by atoms with Gasteiger partial charge < -0.3 is 21.3 Å². The first-order valence-electron chi connectivity index (χ1n) is 13.6. The molecule has 0 bridgehead atoms. The summed E-state index contributed by atoms with van der Waals surface area (Å²) in [7, 11) is 6.34. The first-order valence-corrected chi connectivity index (χ1v) is 13.6. The second-order valence-corrected chi connectivity index (χ2v) is 10.8. The van der Waals surface area contributed by atoms with Crippen molar-refractivity contribution in [2.24, 2.45) is 5.73 Å². The number of nitrogens with two attached hydrogens (primary N) is 1. The van der Waals surface area contributed by atoms with Crippen molar-refractivity contribution in [1.82, 2.24) is 24.7 Å². The van der Waals surface area contributed by atoms with Crippen molar-refractivity contribution in [1.29, 1.82) is 0 Å². The van der Waals surface area contributed by atoms with Crippen LogP contribution in [0.25, 0.3) is 0 Å². The van der Waals surface area contributed by atoms with Crippen LogP contribution >= 0.6 is 0 Å². The van der Waals surface area contributed by atoms with Gasteiger partial charge in [0.05, 0.1) is 20.1 Å². The summed E-state index contributed by atoms with van der Waals surface area (Å²) in [6, 6.07) is 9.01. The predicted molar refractivity (Wildman–Crippen MR) is 148 cm³/mol. The highest BCUT2D eigenvalue weighted by Gasteiger charge is 2.40. The number of anilines is 2. The minimum absolute atomic E-state index is 0.134. The van der Waals surface area contributed by atoms with Crippen molar-refractivity contribution >= 4 is 29.1 Å². The minimum Gasteiger partial charge on any atom is -0.364 e. The third kappa shape index (κ3) is 5.93. The van der Waals surface area contributed by atoms with Crippen molar-refractivity contribution in [3.05, 3.63) is 41.7 Å². The number of likely N-dealkylation sites (N-methyl/N-ethyl adjacent to an activating group) is 2. The monoisotopic (exact) mass is 508 g/mol. The minimum atomic E-state index is -0.609. The molecular formula is C28H42N7O2+. The molecular weight excluding hydrogens is 466 g/mol.